The van der Waals surface area contributed by atoms with Crippen molar-refractivity contribution < 1.29 is 19.4 Å². The lowest BCUT2D eigenvalue weighted by Gasteiger charge is -2.12. The number of phenols is 1. The Morgan fingerprint density at radius 3 is 2.16 bits per heavy atom. The number of ether oxygens (including phenoxy) is 2. The molecule has 2 rings (SSSR count). The van der Waals surface area contributed by atoms with Gasteiger partial charge in [-0.2, -0.15) is 0 Å². The third-order valence-electron chi connectivity index (χ3n) is 4.09. The Morgan fingerprint density at radius 1 is 0.920 bits per heavy atom. The number of rotatable bonds is 10. The van der Waals surface area contributed by atoms with Crippen LogP contribution in [0.1, 0.15) is 50.7 Å². The number of carbonyl (C=O) groups is 1. The summed E-state index contributed by atoms with van der Waals surface area (Å²) in [5, 5.41) is 9.96. The fourth-order valence-corrected chi connectivity index (χ4v) is 2.68. The van der Waals surface area contributed by atoms with E-state index in [1.807, 2.05) is 12.1 Å². The number of unbranched alkanes of at least 4 members (excludes halogenated alkanes) is 2. The first-order valence-electron chi connectivity index (χ1n) is 8.90. The molecule has 0 heterocycles. The van der Waals surface area contributed by atoms with Gasteiger partial charge in [-0.3, -0.25) is 4.79 Å². The third-order valence-corrected chi connectivity index (χ3v) is 4.09. The van der Waals surface area contributed by atoms with E-state index in [4.69, 9.17) is 9.47 Å². The summed E-state index contributed by atoms with van der Waals surface area (Å²) in [7, 11) is 0. The number of aromatic hydroxyl groups is 1. The molecule has 2 aromatic rings. The molecule has 134 valence electrons. The van der Waals surface area contributed by atoms with Crippen LogP contribution < -0.4 is 9.47 Å². The zero-order valence-corrected chi connectivity index (χ0v) is 15.0. The van der Waals surface area contributed by atoms with Crippen LogP contribution in [0.2, 0.25) is 0 Å². The minimum absolute atomic E-state index is 0.305. The Balaban J connectivity index is 2.20. The molecule has 4 nitrogen and oxygen atoms in total. The number of carbonyl (C=O) groups excluding carboxylic acids is 1. The molecule has 0 bridgehead atoms. The lowest BCUT2D eigenvalue weighted by Crippen LogP contribution is -1.96. The maximum absolute atomic E-state index is 10.7. The fourth-order valence-electron chi connectivity index (χ4n) is 2.68. The van der Waals surface area contributed by atoms with Crippen LogP contribution in [0, 0.1) is 0 Å². The number of phenolic OH excluding ortho intramolecular Hbond substituents is 1. The summed E-state index contributed by atoms with van der Waals surface area (Å²) < 4.78 is 11.0. The molecule has 0 aliphatic heterocycles. The Bertz CT molecular complexity index is 694. The quantitative estimate of drug-likeness (QED) is 0.587. The molecule has 25 heavy (non-hydrogen) atoms. The normalized spacial score (nSPS) is 10.5. The van der Waals surface area contributed by atoms with Gasteiger partial charge in [0.2, 0.25) is 0 Å². The summed E-state index contributed by atoms with van der Waals surface area (Å²) in [6.07, 6.45) is 5.82. The van der Waals surface area contributed by atoms with Gasteiger partial charge in [0.25, 0.3) is 6.47 Å². The molecule has 0 saturated carbocycles. The van der Waals surface area contributed by atoms with Crippen LogP contribution in [-0.4, -0.2) is 11.6 Å². The summed E-state index contributed by atoms with van der Waals surface area (Å²) in [4.78, 5) is 10.7. The second-order valence-corrected chi connectivity index (χ2v) is 6.08. The fraction of sp³-hybridized carbons (Fsp3) is 0.381. The smallest absolute Gasteiger partial charge is 0.298 e. The zero-order chi connectivity index (χ0) is 18.1. The summed E-state index contributed by atoms with van der Waals surface area (Å²) in [6.45, 7) is 4.69. The molecule has 0 aliphatic rings. The molecule has 0 saturated heterocycles. The largest absolute Gasteiger partial charge is 0.508 e. The predicted molar refractivity (Wildman–Crippen MR) is 98.5 cm³/mol. The maximum atomic E-state index is 10.7. The van der Waals surface area contributed by atoms with Crippen molar-refractivity contribution in [3.63, 3.8) is 0 Å². The van der Waals surface area contributed by atoms with Crippen LogP contribution in [0.25, 0.3) is 0 Å². The van der Waals surface area contributed by atoms with Crippen molar-refractivity contribution in [3.8, 4) is 23.0 Å². The Morgan fingerprint density at radius 2 is 1.52 bits per heavy atom. The van der Waals surface area contributed by atoms with Crippen molar-refractivity contribution in [2.24, 2.45) is 0 Å². The second-order valence-electron chi connectivity index (χ2n) is 6.08. The van der Waals surface area contributed by atoms with E-state index in [0.29, 0.717) is 29.5 Å². The van der Waals surface area contributed by atoms with Crippen molar-refractivity contribution in [2.75, 3.05) is 0 Å². The van der Waals surface area contributed by atoms with Gasteiger partial charge in [0.15, 0.2) is 0 Å². The topological polar surface area (TPSA) is 55.8 Å². The van der Waals surface area contributed by atoms with Gasteiger partial charge in [0, 0.05) is 0 Å². The van der Waals surface area contributed by atoms with E-state index in [0.717, 1.165) is 49.7 Å². The van der Waals surface area contributed by atoms with Gasteiger partial charge in [-0.1, -0.05) is 26.7 Å². The highest BCUT2D eigenvalue weighted by Crippen LogP contribution is 2.31. The maximum Gasteiger partial charge on any atom is 0.298 e. The highest BCUT2D eigenvalue weighted by atomic mass is 16.5. The summed E-state index contributed by atoms with van der Waals surface area (Å²) in [6, 6.07) is 10.8. The SMILES string of the molecule is CCCCc1cc(Oc2ccc(OC=O)c(CCCC)c2)ccc1O. The molecule has 0 unspecified atom stereocenters. The van der Waals surface area contributed by atoms with Gasteiger partial charge in [0.1, 0.15) is 23.0 Å². The number of benzene rings is 2. The molecular weight excluding hydrogens is 316 g/mol. The van der Waals surface area contributed by atoms with E-state index < -0.39 is 0 Å². The van der Waals surface area contributed by atoms with Crippen LogP contribution in [0.15, 0.2) is 36.4 Å². The Hall–Kier alpha value is -2.49. The first-order chi connectivity index (χ1) is 12.2. The molecule has 0 spiro atoms. The zero-order valence-electron chi connectivity index (χ0n) is 15.0. The average Bonchev–Trinajstić information content (AvgIpc) is 2.62. The minimum atomic E-state index is 0.305. The van der Waals surface area contributed by atoms with Crippen LogP contribution >= 0.6 is 0 Å². The van der Waals surface area contributed by atoms with Crippen molar-refractivity contribution in [1.29, 1.82) is 0 Å². The van der Waals surface area contributed by atoms with E-state index >= 15 is 0 Å². The number of aryl methyl sites for hydroxylation is 2. The van der Waals surface area contributed by atoms with Crippen molar-refractivity contribution in [2.45, 2.75) is 52.4 Å². The molecule has 1 N–H and O–H groups in total. The molecule has 2 aromatic carbocycles. The van der Waals surface area contributed by atoms with Crippen molar-refractivity contribution in [3.05, 3.63) is 47.5 Å². The highest BCUT2D eigenvalue weighted by molar-refractivity contribution is 5.50. The summed E-state index contributed by atoms with van der Waals surface area (Å²) in [5.74, 6) is 2.26. The molecule has 0 atom stereocenters. The van der Waals surface area contributed by atoms with E-state index in [1.54, 1.807) is 24.3 Å². The average molecular weight is 342 g/mol. The summed E-state index contributed by atoms with van der Waals surface area (Å²) in [5.41, 5.74) is 1.85. The lowest BCUT2D eigenvalue weighted by atomic mass is 10.1. The standard InChI is InChI=1S/C21H26O4/c1-3-5-7-16-13-18(9-11-20(16)23)25-19-10-12-21(24-15-22)17(14-19)8-6-4-2/h9-15,23H,3-8H2,1-2H3. The predicted octanol–water partition coefficient (Wildman–Crippen LogP) is 5.40. The summed E-state index contributed by atoms with van der Waals surface area (Å²) >= 11 is 0. The first-order valence-corrected chi connectivity index (χ1v) is 8.90. The molecule has 0 amide bonds. The minimum Gasteiger partial charge on any atom is -0.508 e. The van der Waals surface area contributed by atoms with Crippen molar-refractivity contribution >= 4 is 6.47 Å². The molecule has 0 aliphatic carbocycles. The lowest BCUT2D eigenvalue weighted by molar-refractivity contribution is -0.120. The third kappa shape index (κ3) is 5.52. The van der Waals surface area contributed by atoms with Gasteiger partial charge < -0.3 is 14.6 Å². The molecule has 4 heteroatoms. The highest BCUT2D eigenvalue weighted by Gasteiger charge is 2.09. The van der Waals surface area contributed by atoms with Gasteiger partial charge in [-0.25, -0.2) is 0 Å². The van der Waals surface area contributed by atoms with Gasteiger partial charge in [-0.05, 0) is 73.2 Å². The number of hydrogen-bond donors (Lipinski definition) is 1. The van der Waals surface area contributed by atoms with Crippen LogP contribution in [0.4, 0.5) is 0 Å². The molecule has 0 fully saturated rings. The van der Waals surface area contributed by atoms with E-state index in [-0.39, 0.29) is 0 Å². The monoisotopic (exact) mass is 342 g/mol. The second kappa shape index (κ2) is 9.72. The van der Waals surface area contributed by atoms with Crippen LogP contribution in [0.5, 0.6) is 23.0 Å². The van der Waals surface area contributed by atoms with Crippen molar-refractivity contribution in [1.82, 2.24) is 0 Å². The Labute approximate surface area is 149 Å². The van der Waals surface area contributed by atoms with E-state index in [2.05, 4.69) is 13.8 Å². The first kappa shape index (κ1) is 18.8. The van der Waals surface area contributed by atoms with E-state index in [9.17, 15) is 9.90 Å². The van der Waals surface area contributed by atoms with Crippen LogP contribution in [-0.2, 0) is 17.6 Å². The Kier molecular flexibility index (Phi) is 7.33. The van der Waals surface area contributed by atoms with Gasteiger partial charge >= 0.3 is 0 Å². The van der Waals surface area contributed by atoms with Gasteiger partial charge in [-0.15, -0.1) is 0 Å². The van der Waals surface area contributed by atoms with Crippen LogP contribution in [0.3, 0.4) is 0 Å². The molecule has 0 radical (unpaired) electrons. The number of hydrogen-bond acceptors (Lipinski definition) is 4. The molecular formula is C21H26O4. The van der Waals surface area contributed by atoms with Gasteiger partial charge in [0.05, 0.1) is 0 Å². The molecule has 0 aromatic heterocycles. The van der Waals surface area contributed by atoms with E-state index in [1.165, 1.54) is 0 Å².